The number of fused-ring (bicyclic) bond motifs is 1. The van der Waals surface area contributed by atoms with Crippen LogP contribution < -0.4 is 0 Å². The first-order valence-corrected chi connectivity index (χ1v) is 6.10. The van der Waals surface area contributed by atoms with Crippen molar-refractivity contribution in [1.29, 1.82) is 0 Å². The van der Waals surface area contributed by atoms with E-state index in [9.17, 15) is 4.79 Å². The molecular formula is C12H9ClOS. The zero-order valence-electron chi connectivity index (χ0n) is 8.16. The van der Waals surface area contributed by atoms with Crippen LogP contribution in [-0.2, 0) is 0 Å². The summed E-state index contributed by atoms with van der Waals surface area (Å²) in [4.78, 5) is 12.2. The van der Waals surface area contributed by atoms with E-state index in [2.05, 4.69) is 0 Å². The predicted molar refractivity (Wildman–Crippen MR) is 65.9 cm³/mol. The summed E-state index contributed by atoms with van der Waals surface area (Å²) in [7, 11) is 0. The third-order valence-electron chi connectivity index (χ3n) is 2.30. The molecule has 76 valence electrons. The fourth-order valence-electron chi connectivity index (χ4n) is 1.62. The van der Waals surface area contributed by atoms with Crippen LogP contribution in [0.5, 0.6) is 0 Å². The molecule has 0 aromatic heterocycles. The Bertz CT molecular complexity index is 522. The molecule has 0 aliphatic rings. The minimum Gasteiger partial charge on any atom is -0.276 e. The maximum Gasteiger partial charge on any atom is 0.253 e. The van der Waals surface area contributed by atoms with Crippen molar-refractivity contribution in [1.82, 2.24) is 0 Å². The number of carbonyl (C=O) groups is 1. The second kappa shape index (κ2) is 4.25. The normalized spacial score (nSPS) is 10.5. The summed E-state index contributed by atoms with van der Waals surface area (Å²) in [6.45, 7) is 0. The first-order valence-electron chi connectivity index (χ1n) is 4.49. The molecule has 0 atom stereocenters. The highest BCUT2D eigenvalue weighted by Crippen LogP contribution is 2.30. The molecule has 0 aliphatic heterocycles. The van der Waals surface area contributed by atoms with E-state index in [1.807, 2.05) is 36.6 Å². The van der Waals surface area contributed by atoms with E-state index in [0.717, 1.165) is 15.7 Å². The Hall–Kier alpha value is -0.990. The fraction of sp³-hybridized carbons (Fsp3) is 0.0833. The van der Waals surface area contributed by atoms with E-state index in [-0.39, 0.29) is 0 Å². The summed E-state index contributed by atoms with van der Waals surface area (Å²) >= 11 is 7.08. The molecule has 1 nitrogen and oxygen atoms in total. The molecule has 2 aromatic carbocycles. The summed E-state index contributed by atoms with van der Waals surface area (Å²) in [5.74, 6) is 0. The average molecular weight is 237 g/mol. The fourth-order valence-corrected chi connectivity index (χ4v) is 2.62. The van der Waals surface area contributed by atoms with Gasteiger partial charge in [-0.1, -0.05) is 30.3 Å². The molecule has 0 spiro atoms. The Morgan fingerprint density at radius 1 is 1.20 bits per heavy atom. The maximum atomic E-state index is 11.2. The Kier molecular flexibility index (Phi) is 2.98. The SMILES string of the molecule is CSc1c(C(=O)Cl)ccc2ccccc12. The van der Waals surface area contributed by atoms with Crippen molar-refractivity contribution < 1.29 is 4.79 Å². The highest BCUT2D eigenvalue weighted by Gasteiger charge is 2.11. The van der Waals surface area contributed by atoms with Crippen molar-refractivity contribution in [2.45, 2.75) is 4.90 Å². The van der Waals surface area contributed by atoms with Crippen LogP contribution in [0.2, 0.25) is 0 Å². The van der Waals surface area contributed by atoms with Crippen molar-refractivity contribution in [2.75, 3.05) is 6.26 Å². The van der Waals surface area contributed by atoms with Gasteiger partial charge >= 0.3 is 0 Å². The van der Waals surface area contributed by atoms with Gasteiger partial charge in [-0.25, -0.2) is 0 Å². The quantitative estimate of drug-likeness (QED) is 0.580. The molecule has 0 N–H and O–H groups in total. The number of hydrogen-bond acceptors (Lipinski definition) is 2. The molecule has 0 saturated heterocycles. The molecule has 0 heterocycles. The maximum absolute atomic E-state index is 11.2. The van der Waals surface area contributed by atoms with E-state index < -0.39 is 5.24 Å². The van der Waals surface area contributed by atoms with Crippen LogP contribution >= 0.6 is 23.4 Å². The summed E-state index contributed by atoms with van der Waals surface area (Å²) in [5.41, 5.74) is 0.586. The monoisotopic (exact) mass is 236 g/mol. The van der Waals surface area contributed by atoms with Crippen molar-refractivity contribution in [3.8, 4) is 0 Å². The lowest BCUT2D eigenvalue weighted by Gasteiger charge is -2.07. The third kappa shape index (κ3) is 1.87. The largest absolute Gasteiger partial charge is 0.276 e. The van der Waals surface area contributed by atoms with E-state index in [1.54, 1.807) is 17.8 Å². The van der Waals surface area contributed by atoms with Crippen LogP contribution in [0, 0.1) is 0 Å². The third-order valence-corrected chi connectivity index (χ3v) is 3.35. The van der Waals surface area contributed by atoms with Crippen LogP contribution in [-0.4, -0.2) is 11.5 Å². The Morgan fingerprint density at radius 2 is 1.93 bits per heavy atom. The van der Waals surface area contributed by atoms with Gasteiger partial charge < -0.3 is 0 Å². The molecule has 0 unspecified atom stereocenters. The Morgan fingerprint density at radius 3 is 2.60 bits per heavy atom. The van der Waals surface area contributed by atoms with Gasteiger partial charge in [-0.3, -0.25) is 4.79 Å². The number of benzene rings is 2. The summed E-state index contributed by atoms with van der Waals surface area (Å²) in [5, 5.41) is 1.81. The number of hydrogen-bond donors (Lipinski definition) is 0. The number of rotatable bonds is 2. The lowest BCUT2D eigenvalue weighted by molar-refractivity contribution is 0.107. The smallest absolute Gasteiger partial charge is 0.253 e. The van der Waals surface area contributed by atoms with Crippen LogP contribution in [0.4, 0.5) is 0 Å². The number of carbonyl (C=O) groups excluding carboxylic acids is 1. The van der Waals surface area contributed by atoms with E-state index in [4.69, 9.17) is 11.6 Å². The second-order valence-electron chi connectivity index (χ2n) is 3.14. The molecule has 0 fully saturated rings. The summed E-state index contributed by atoms with van der Waals surface area (Å²) in [6, 6.07) is 11.7. The molecule has 0 bridgehead atoms. The molecule has 0 saturated carbocycles. The molecule has 3 heteroatoms. The number of halogens is 1. The average Bonchev–Trinajstić information content (AvgIpc) is 2.27. The van der Waals surface area contributed by atoms with Crippen LogP contribution in [0.15, 0.2) is 41.3 Å². The van der Waals surface area contributed by atoms with Crippen LogP contribution in [0.25, 0.3) is 10.8 Å². The lowest BCUT2D eigenvalue weighted by Crippen LogP contribution is -1.92. The first-order chi connectivity index (χ1) is 7.24. The zero-order valence-corrected chi connectivity index (χ0v) is 9.73. The van der Waals surface area contributed by atoms with Gasteiger partial charge in [-0.2, -0.15) is 0 Å². The molecule has 0 radical (unpaired) electrons. The van der Waals surface area contributed by atoms with Gasteiger partial charge in [0.15, 0.2) is 0 Å². The number of thioether (sulfide) groups is 1. The molecular weight excluding hydrogens is 228 g/mol. The van der Waals surface area contributed by atoms with Crippen molar-refractivity contribution in [2.24, 2.45) is 0 Å². The van der Waals surface area contributed by atoms with Gasteiger partial charge in [0.1, 0.15) is 0 Å². The van der Waals surface area contributed by atoms with E-state index >= 15 is 0 Å². The van der Waals surface area contributed by atoms with Gasteiger partial charge in [-0.15, -0.1) is 11.8 Å². The first kappa shape index (κ1) is 10.5. The molecule has 0 amide bonds. The molecule has 0 aliphatic carbocycles. The molecule has 2 rings (SSSR count). The highest BCUT2D eigenvalue weighted by atomic mass is 35.5. The van der Waals surface area contributed by atoms with Crippen molar-refractivity contribution in [3.63, 3.8) is 0 Å². The van der Waals surface area contributed by atoms with Crippen LogP contribution in [0.1, 0.15) is 10.4 Å². The van der Waals surface area contributed by atoms with Gasteiger partial charge in [-0.05, 0) is 34.7 Å². The minimum atomic E-state index is -0.398. The minimum absolute atomic E-state index is 0.398. The van der Waals surface area contributed by atoms with Crippen molar-refractivity contribution in [3.05, 3.63) is 42.0 Å². The highest BCUT2D eigenvalue weighted by molar-refractivity contribution is 7.99. The lowest BCUT2D eigenvalue weighted by atomic mass is 10.1. The van der Waals surface area contributed by atoms with Gasteiger partial charge in [0.25, 0.3) is 5.24 Å². The van der Waals surface area contributed by atoms with Gasteiger partial charge in [0.05, 0.1) is 0 Å². The molecule has 15 heavy (non-hydrogen) atoms. The standard InChI is InChI=1S/C12H9ClOS/c1-15-11-9-5-3-2-4-8(9)6-7-10(11)12(13)14/h2-7H,1H3. The topological polar surface area (TPSA) is 17.1 Å². The zero-order chi connectivity index (χ0) is 10.8. The predicted octanol–water partition coefficient (Wildman–Crippen LogP) is 3.94. The van der Waals surface area contributed by atoms with E-state index in [0.29, 0.717) is 5.56 Å². The van der Waals surface area contributed by atoms with Gasteiger partial charge in [0.2, 0.25) is 0 Å². The summed E-state index contributed by atoms with van der Waals surface area (Å²) in [6.07, 6.45) is 1.95. The Labute approximate surface area is 97.4 Å². The van der Waals surface area contributed by atoms with Gasteiger partial charge in [0, 0.05) is 10.5 Å². The van der Waals surface area contributed by atoms with E-state index in [1.165, 1.54) is 0 Å². The summed E-state index contributed by atoms with van der Waals surface area (Å²) < 4.78 is 0. The molecule has 2 aromatic rings. The Balaban J connectivity index is 2.81. The second-order valence-corrected chi connectivity index (χ2v) is 4.30. The van der Waals surface area contributed by atoms with Crippen LogP contribution in [0.3, 0.4) is 0 Å². The van der Waals surface area contributed by atoms with Crippen molar-refractivity contribution >= 4 is 39.4 Å².